The van der Waals surface area contributed by atoms with Crippen LogP contribution in [0.4, 0.5) is 4.39 Å². The monoisotopic (exact) mass is 318 g/mol. The lowest BCUT2D eigenvalue weighted by atomic mass is 10.00. The average molecular weight is 318 g/mol. The van der Waals surface area contributed by atoms with Crippen molar-refractivity contribution in [2.24, 2.45) is 5.92 Å². The number of carbonyl (C=O) groups is 1. The van der Waals surface area contributed by atoms with Gasteiger partial charge in [-0.2, -0.15) is 4.72 Å². The first-order valence-corrected chi connectivity index (χ1v) is 7.93. The highest BCUT2D eigenvalue weighted by Crippen LogP contribution is 2.17. The van der Waals surface area contributed by atoms with Crippen molar-refractivity contribution in [3.05, 3.63) is 29.6 Å². The van der Waals surface area contributed by atoms with Gasteiger partial charge in [0.05, 0.1) is 4.90 Å². The van der Waals surface area contributed by atoms with Crippen LogP contribution in [0.2, 0.25) is 0 Å². The maximum absolute atomic E-state index is 13.2. The van der Waals surface area contributed by atoms with Gasteiger partial charge in [0, 0.05) is 0 Å². The molecule has 8 heteroatoms. The van der Waals surface area contributed by atoms with Crippen LogP contribution in [0.15, 0.2) is 23.1 Å². The van der Waals surface area contributed by atoms with Gasteiger partial charge in [-0.25, -0.2) is 18.3 Å². The summed E-state index contributed by atoms with van der Waals surface area (Å²) in [6.07, 6.45) is 0.531. The number of sulfonamides is 1. The van der Waals surface area contributed by atoms with Gasteiger partial charge in [-0.05, 0) is 36.6 Å². The Morgan fingerprint density at radius 2 is 2.05 bits per heavy atom. The highest BCUT2D eigenvalue weighted by atomic mass is 32.2. The molecule has 0 spiro atoms. The fourth-order valence-corrected chi connectivity index (χ4v) is 3.14. The lowest BCUT2D eigenvalue weighted by molar-refractivity contribution is -0.132. The minimum Gasteiger partial charge on any atom is -0.289 e. The summed E-state index contributed by atoms with van der Waals surface area (Å²) in [5.41, 5.74) is 1.63. The number of nitrogens with one attached hydrogen (secondary N) is 2. The van der Waals surface area contributed by atoms with E-state index in [4.69, 9.17) is 5.21 Å². The minimum absolute atomic E-state index is 0.138. The van der Waals surface area contributed by atoms with E-state index in [0.29, 0.717) is 6.42 Å². The fourth-order valence-electron chi connectivity index (χ4n) is 1.75. The molecule has 1 aromatic carbocycles. The molecule has 0 aliphatic carbocycles. The summed E-state index contributed by atoms with van der Waals surface area (Å²) in [5, 5.41) is 8.71. The van der Waals surface area contributed by atoms with Gasteiger partial charge < -0.3 is 0 Å². The predicted molar refractivity (Wildman–Crippen MR) is 74.6 cm³/mol. The molecule has 6 nitrogen and oxygen atoms in total. The van der Waals surface area contributed by atoms with Crippen LogP contribution >= 0.6 is 0 Å². The molecule has 0 aliphatic heterocycles. The second-order valence-electron chi connectivity index (χ2n) is 4.87. The number of hydroxylamine groups is 1. The number of aryl methyl sites for hydroxylation is 1. The standard InChI is InChI=1S/C13H19FN2O4S/c1-4-8(2)12(13(17)15-18)16-21(19,20)10-5-6-11(14)9(3)7-10/h5-8,12,16,18H,4H2,1-3H3,(H,15,17)/t8-,12+/m0/s1. The highest BCUT2D eigenvalue weighted by Gasteiger charge is 2.29. The van der Waals surface area contributed by atoms with E-state index in [0.717, 1.165) is 12.1 Å². The largest absolute Gasteiger partial charge is 0.289 e. The third-order valence-corrected chi connectivity index (χ3v) is 4.77. The van der Waals surface area contributed by atoms with Gasteiger partial charge >= 0.3 is 0 Å². The van der Waals surface area contributed by atoms with Gasteiger partial charge in [-0.3, -0.25) is 10.0 Å². The van der Waals surface area contributed by atoms with Crippen molar-refractivity contribution in [2.45, 2.75) is 38.1 Å². The number of benzene rings is 1. The molecule has 0 aromatic heterocycles. The van der Waals surface area contributed by atoms with E-state index in [-0.39, 0.29) is 16.4 Å². The second kappa shape index (κ2) is 6.97. The third-order valence-electron chi connectivity index (χ3n) is 3.33. The van der Waals surface area contributed by atoms with E-state index in [1.54, 1.807) is 13.8 Å². The van der Waals surface area contributed by atoms with Gasteiger partial charge in [0.1, 0.15) is 11.9 Å². The number of hydrogen-bond donors (Lipinski definition) is 3. The van der Waals surface area contributed by atoms with E-state index in [9.17, 15) is 17.6 Å². The maximum Gasteiger partial charge on any atom is 0.261 e. The van der Waals surface area contributed by atoms with Crippen LogP contribution in [-0.2, 0) is 14.8 Å². The Labute approximate surface area is 123 Å². The Bertz CT molecular complexity index is 619. The molecule has 0 radical (unpaired) electrons. The number of halogens is 1. The van der Waals surface area contributed by atoms with Crippen molar-refractivity contribution in [2.75, 3.05) is 0 Å². The molecule has 1 amide bonds. The van der Waals surface area contributed by atoms with E-state index in [1.807, 2.05) is 0 Å². The average Bonchev–Trinajstić information content (AvgIpc) is 2.45. The summed E-state index contributed by atoms with van der Waals surface area (Å²) in [6.45, 7) is 4.91. The maximum atomic E-state index is 13.2. The molecule has 2 atom stereocenters. The molecule has 1 rings (SSSR count). The molecular weight excluding hydrogens is 299 g/mol. The van der Waals surface area contributed by atoms with Crippen molar-refractivity contribution in [3.8, 4) is 0 Å². The Kier molecular flexibility index (Phi) is 5.82. The van der Waals surface area contributed by atoms with E-state index in [1.165, 1.54) is 18.5 Å². The van der Waals surface area contributed by atoms with Crippen LogP contribution in [0.5, 0.6) is 0 Å². The molecule has 118 valence electrons. The summed E-state index contributed by atoms with van der Waals surface area (Å²) in [6, 6.07) is 2.24. The molecule has 1 aromatic rings. The summed E-state index contributed by atoms with van der Waals surface area (Å²) < 4.78 is 39.9. The van der Waals surface area contributed by atoms with Crippen LogP contribution in [0, 0.1) is 18.7 Å². The summed E-state index contributed by atoms with van der Waals surface area (Å²) in [7, 11) is -4.00. The topological polar surface area (TPSA) is 95.5 Å². The Morgan fingerprint density at radius 1 is 1.43 bits per heavy atom. The lowest BCUT2D eigenvalue weighted by Crippen LogP contribution is -2.49. The predicted octanol–water partition coefficient (Wildman–Crippen LogP) is 1.33. The van der Waals surface area contributed by atoms with Crippen LogP contribution < -0.4 is 10.2 Å². The molecule has 0 heterocycles. The Hall–Kier alpha value is -1.51. The Balaban J connectivity index is 3.11. The summed E-state index contributed by atoms with van der Waals surface area (Å²) in [5.74, 6) is -1.68. The molecule has 21 heavy (non-hydrogen) atoms. The first-order chi connectivity index (χ1) is 9.72. The van der Waals surface area contributed by atoms with Crippen LogP contribution in [0.3, 0.4) is 0 Å². The minimum atomic E-state index is -4.00. The fraction of sp³-hybridized carbons (Fsp3) is 0.462. The van der Waals surface area contributed by atoms with Gasteiger partial charge in [0.25, 0.3) is 5.91 Å². The zero-order chi connectivity index (χ0) is 16.2. The highest BCUT2D eigenvalue weighted by molar-refractivity contribution is 7.89. The van der Waals surface area contributed by atoms with Crippen molar-refractivity contribution < 1.29 is 22.8 Å². The van der Waals surface area contributed by atoms with Crippen LogP contribution in [-0.4, -0.2) is 25.6 Å². The van der Waals surface area contributed by atoms with Crippen molar-refractivity contribution in [3.63, 3.8) is 0 Å². The molecular formula is C13H19FN2O4S. The van der Waals surface area contributed by atoms with E-state index in [2.05, 4.69) is 4.72 Å². The van der Waals surface area contributed by atoms with Crippen molar-refractivity contribution in [1.82, 2.24) is 10.2 Å². The van der Waals surface area contributed by atoms with Crippen molar-refractivity contribution in [1.29, 1.82) is 0 Å². The van der Waals surface area contributed by atoms with E-state index >= 15 is 0 Å². The quantitative estimate of drug-likeness (QED) is 0.545. The molecule has 0 aliphatic rings. The van der Waals surface area contributed by atoms with Crippen molar-refractivity contribution >= 4 is 15.9 Å². The zero-order valence-corrected chi connectivity index (χ0v) is 12.9. The van der Waals surface area contributed by atoms with Gasteiger partial charge in [-0.1, -0.05) is 20.3 Å². The smallest absolute Gasteiger partial charge is 0.261 e. The number of amides is 1. The number of hydrogen-bond acceptors (Lipinski definition) is 4. The molecule has 0 unspecified atom stereocenters. The van der Waals surface area contributed by atoms with E-state index < -0.39 is 27.8 Å². The number of carbonyl (C=O) groups excluding carboxylic acids is 1. The number of rotatable bonds is 6. The molecule has 0 saturated carbocycles. The molecule has 0 saturated heterocycles. The third kappa shape index (κ3) is 4.23. The zero-order valence-electron chi connectivity index (χ0n) is 12.1. The molecule has 0 fully saturated rings. The van der Waals surface area contributed by atoms with Crippen LogP contribution in [0.25, 0.3) is 0 Å². The summed E-state index contributed by atoms with van der Waals surface area (Å²) in [4.78, 5) is 11.5. The second-order valence-corrected chi connectivity index (χ2v) is 6.59. The van der Waals surface area contributed by atoms with Crippen LogP contribution in [0.1, 0.15) is 25.8 Å². The first kappa shape index (κ1) is 17.5. The molecule has 0 bridgehead atoms. The molecule has 3 N–H and O–H groups in total. The van der Waals surface area contributed by atoms with Gasteiger partial charge in [0.2, 0.25) is 10.0 Å². The first-order valence-electron chi connectivity index (χ1n) is 6.45. The lowest BCUT2D eigenvalue weighted by Gasteiger charge is -2.22. The Morgan fingerprint density at radius 3 is 2.52 bits per heavy atom. The normalized spacial score (nSPS) is 14.5. The summed E-state index contributed by atoms with van der Waals surface area (Å²) >= 11 is 0. The SMILES string of the molecule is CC[C@H](C)[C@@H](NS(=O)(=O)c1ccc(F)c(C)c1)C(=O)NO. The van der Waals surface area contributed by atoms with Gasteiger partial charge in [0.15, 0.2) is 0 Å². The van der Waals surface area contributed by atoms with Gasteiger partial charge in [-0.15, -0.1) is 0 Å².